The quantitative estimate of drug-likeness (QED) is 0.747. The number of benzene rings is 2. The maximum Gasteiger partial charge on any atom is 0.244 e. The van der Waals surface area contributed by atoms with Gasteiger partial charge in [0.05, 0.1) is 0 Å². The van der Waals surface area contributed by atoms with Crippen molar-refractivity contribution in [3.63, 3.8) is 0 Å². The van der Waals surface area contributed by atoms with Crippen molar-refractivity contribution in [2.45, 2.75) is 20.4 Å². The van der Waals surface area contributed by atoms with E-state index in [4.69, 9.17) is 0 Å². The monoisotopic (exact) mass is 306 g/mol. The lowest BCUT2D eigenvalue weighted by atomic mass is 10.1. The number of nitrogens with zero attached hydrogens (tertiary/aromatic N) is 1. The molecule has 0 saturated heterocycles. The number of carbonyl (C=O) groups excluding carboxylic acids is 2. The molecule has 0 bridgehead atoms. The molecule has 2 aromatic carbocycles. The molecule has 1 heterocycles. The Labute approximate surface area is 134 Å². The molecule has 0 aliphatic carbocycles. The number of hydrogen-bond donors (Lipinski definition) is 1. The van der Waals surface area contributed by atoms with Crippen molar-refractivity contribution in [1.29, 1.82) is 0 Å². The summed E-state index contributed by atoms with van der Waals surface area (Å²) in [7, 11) is 0. The number of para-hydroxylation sites is 1. The van der Waals surface area contributed by atoms with Gasteiger partial charge in [-0.1, -0.05) is 30.3 Å². The first-order chi connectivity index (χ1) is 11.1. The molecule has 0 atom stereocenters. The van der Waals surface area contributed by atoms with Gasteiger partial charge in [0.15, 0.2) is 6.29 Å². The van der Waals surface area contributed by atoms with E-state index in [1.165, 1.54) is 0 Å². The van der Waals surface area contributed by atoms with Gasteiger partial charge in [-0.15, -0.1) is 0 Å². The molecule has 1 N–H and O–H groups in total. The fourth-order valence-electron chi connectivity index (χ4n) is 2.88. The number of fused-ring (bicyclic) bond motifs is 1. The molecule has 1 aromatic heterocycles. The summed E-state index contributed by atoms with van der Waals surface area (Å²) in [5.41, 5.74) is 4.21. The second kappa shape index (κ2) is 6.08. The van der Waals surface area contributed by atoms with Gasteiger partial charge in [-0.25, -0.2) is 0 Å². The minimum absolute atomic E-state index is 0.114. The number of rotatable bonds is 4. The van der Waals surface area contributed by atoms with Crippen molar-refractivity contribution in [2.24, 2.45) is 0 Å². The van der Waals surface area contributed by atoms with Crippen LogP contribution < -0.4 is 5.32 Å². The van der Waals surface area contributed by atoms with Crippen LogP contribution in [0, 0.1) is 13.8 Å². The Morgan fingerprint density at radius 3 is 2.65 bits per heavy atom. The van der Waals surface area contributed by atoms with Crippen molar-refractivity contribution in [3.8, 4) is 0 Å². The van der Waals surface area contributed by atoms with Crippen LogP contribution in [0.4, 0.5) is 5.69 Å². The van der Waals surface area contributed by atoms with Crippen LogP contribution in [0.15, 0.2) is 48.5 Å². The molecule has 4 heteroatoms. The Bertz CT molecular complexity index is 894. The van der Waals surface area contributed by atoms with Crippen molar-refractivity contribution in [1.82, 2.24) is 4.57 Å². The molecule has 0 saturated carbocycles. The van der Waals surface area contributed by atoms with E-state index in [-0.39, 0.29) is 12.5 Å². The molecule has 1 amide bonds. The fourth-order valence-corrected chi connectivity index (χ4v) is 2.88. The SMILES string of the molecule is Cc1cccc(NC(=O)Cn2c(C)c(C=O)c3ccccc32)c1. The summed E-state index contributed by atoms with van der Waals surface area (Å²) < 4.78 is 1.88. The predicted octanol–water partition coefficient (Wildman–Crippen LogP) is 3.71. The van der Waals surface area contributed by atoms with E-state index in [9.17, 15) is 9.59 Å². The van der Waals surface area contributed by atoms with Gasteiger partial charge in [0.25, 0.3) is 0 Å². The highest BCUT2D eigenvalue weighted by Gasteiger charge is 2.15. The minimum atomic E-state index is -0.114. The van der Waals surface area contributed by atoms with Gasteiger partial charge in [0.2, 0.25) is 5.91 Å². The molecule has 3 aromatic rings. The second-order valence-corrected chi connectivity index (χ2v) is 5.64. The van der Waals surface area contributed by atoms with E-state index in [0.717, 1.165) is 34.1 Å². The van der Waals surface area contributed by atoms with E-state index in [2.05, 4.69) is 5.32 Å². The number of hydrogen-bond acceptors (Lipinski definition) is 2. The number of aryl methyl sites for hydroxylation is 1. The summed E-state index contributed by atoms with van der Waals surface area (Å²) in [6, 6.07) is 15.3. The third-order valence-electron chi connectivity index (χ3n) is 4.00. The Balaban J connectivity index is 1.91. The first kappa shape index (κ1) is 15.0. The summed E-state index contributed by atoms with van der Waals surface area (Å²) >= 11 is 0. The second-order valence-electron chi connectivity index (χ2n) is 5.64. The van der Waals surface area contributed by atoms with Crippen LogP contribution in [0.3, 0.4) is 0 Å². The fraction of sp³-hybridized carbons (Fsp3) is 0.158. The Hall–Kier alpha value is -2.88. The van der Waals surface area contributed by atoms with Crippen LogP contribution >= 0.6 is 0 Å². The minimum Gasteiger partial charge on any atom is -0.335 e. The Kier molecular flexibility index (Phi) is 3.98. The normalized spacial score (nSPS) is 10.7. The van der Waals surface area contributed by atoms with Gasteiger partial charge < -0.3 is 9.88 Å². The first-order valence-electron chi connectivity index (χ1n) is 7.49. The van der Waals surface area contributed by atoms with Gasteiger partial charge in [-0.05, 0) is 37.6 Å². The molecule has 23 heavy (non-hydrogen) atoms. The molecule has 3 rings (SSSR count). The predicted molar refractivity (Wildman–Crippen MR) is 91.9 cm³/mol. The van der Waals surface area contributed by atoms with Crippen molar-refractivity contribution in [3.05, 3.63) is 65.4 Å². The van der Waals surface area contributed by atoms with Gasteiger partial charge in [0.1, 0.15) is 6.54 Å². The highest BCUT2D eigenvalue weighted by Crippen LogP contribution is 2.24. The van der Waals surface area contributed by atoms with E-state index in [1.807, 2.05) is 66.9 Å². The summed E-state index contributed by atoms with van der Waals surface area (Å²) in [6.45, 7) is 4.02. The number of carbonyl (C=O) groups is 2. The molecule has 0 unspecified atom stereocenters. The van der Waals surface area contributed by atoms with Crippen molar-refractivity contribution in [2.75, 3.05) is 5.32 Å². The zero-order valence-electron chi connectivity index (χ0n) is 13.2. The van der Waals surface area contributed by atoms with Crippen LogP contribution in [0.25, 0.3) is 10.9 Å². The Morgan fingerprint density at radius 1 is 1.13 bits per heavy atom. The largest absolute Gasteiger partial charge is 0.335 e. The molecule has 0 fully saturated rings. The van der Waals surface area contributed by atoms with E-state index in [0.29, 0.717) is 5.56 Å². The van der Waals surface area contributed by atoms with Gasteiger partial charge in [-0.3, -0.25) is 9.59 Å². The standard InChI is InChI=1S/C19H18N2O2/c1-13-6-5-7-15(10-13)20-19(23)11-21-14(2)17(12-22)16-8-3-4-9-18(16)21/h3-10,12H,11H2,1-2H3,(H,20,23). The zero-order chi connectivity index (χ0) is 16.4. The average molecular weight is 306 g/mol. The molecular weight excluding hydrogens is 288 g/mol. The third-order valence-corrected chi connectivity index (χ3v) is 4.00. The van der Waals surface area contributed by atoms with Crippen LogP contribution in [-0.2, 0) is 11.3 Å². The molecular formula is C19H18N2O2. The molecule has 0 aliphatic heterocycles. The number of aromatic nitrogens is 1. The summed E-state index contributed by atoms with van der Waals surface area (Å²) in [5.74, 6) is -0.114. The van der Waals surface area contributed by atoms with Crippen LogP contribution in [-0.4, -0.2) is 16.8 Å². The molecule has 116 valence electrons. The lowest BCUT2D eigenvalue weighted by Gasteiger charge is -2.10. The first-order valence-corrected chi connectivity index (χ1v) is 7.49. The average Bonchev–Trinajstić information content (AvgIpc) is 2.79. The molecule has 0 spiro atoms. The molecule has 0 radical (unpaired) electrons. The highest BCUT2D eigenvalue weighted by molar-refractivity contribution is 6.00. The lowest BCUT2D eigenvalue weighted by molar-refractivity contribution is -0.116. The summed E-state index contributed by atoms with van der Waals surface area (Å²) in [6.07, 6.45) is 0.854. The maximum atomic E-state index is 12.4. The van der Waals surface area contributed by atoms with Crippen LogP contribution in [0.1, 0.15) is 21.6 Å². The number of aldehydes is 1. The maximum absolute atomic E-state index is 12.4. The summed E-state index contributed by atoms with van der Waals surface area (Å²) in [5, 5.41) is 3.78. The van der Waals surface area contributed by atoms with E-state index in [1.54, 1.807) is 0 Å². The van der Waals surface area contributed by atoms with Gasteiger partial charge >= 0.3 is 0 Å². The van der Waals surface area contributed by atoms with Crippen molar-refractivity contribution < 1.29 is 9.59 Å². The zero-order valence-corrected chi connectivity index (χ0v) is 13.2. The van der Waals surface area contributed by atoms with Crippen molar-refractivity contribution >= 4 is 28.8 Å². The Morgan fingerprint density at radius 2 is 1.91 bits per heavy atom. The lowest BCUT2D eigenvalue weighted by Crippen LogP contribution is -2.19. The van der Waals surface area contributed by atoms with Gasteiger partial charge in [0, 0.05) is 27.8 Å². The van der Waals surface area contributed by atoms with Gasteiger partial charge in [-0.2, -0.15) is 0 Å². The smallest absolute Gasteiger partial charge is 0.244 e. The molecule has 4 nitrogen and oxygen atoms in total. The molecule has 0 aliphatic rings. The van der Waals surface area contributed by atoms with Crippen LogP contribution in [0.2, 0.25) is 0 Å². The van der Waals surface area contributed by atoms with Crippen LogP contribution in [0.5, 0.6) is 0 Å². The van der Waals surface area contributed by atoms with E-state index < -0.39 is 0 Å². The topological polar surface area (TPSA) is 51.1 Å². The number of amides is 1. The highest BCUT2D eigenvalue weighted by atomic mass is 16.2. The van der Waals surface area contributed by atoms with E-state index >= 15 is 0 Å². The number of nitrogens with one attached hydrogen (secondary N) is 1. The summed E-state index contributed by atoms with van der Waals surface area (Å²) in [4.78, 5) is 23.7. The third kappa shape index (κ3) is 2.88. The number of anilines is 1.